The Hall–Kier alpha value is -2.15. The number of carbonyl (C=O) groups excluding carboxylic acids is 2. The molecule has 0 bridgehead atoms. The Labute approximate surface area is 153 Å². The quantitative estimate of drug-likeness (QED) is 0.830. The number of alkyl carbamates (subject to hydrolysis) is 1. The maximum Gasteiger partial charge on any atom is 0.408 e. The summed E-state index contributed by atoms with van der Waals surface area (Å²) >= 11 is 0. The Morgan fingerprint density at radius 2 is 1.85 bits per heavy atom. The van der Waals surface area contributed by atoms with Crippen molar-refractivity contribution in [1.82, 2.24) is 10.2 Å². The average molecular weight is 366 g/mol. The molecule has 1 amide bonds. The van der Waals surface area contributed by atoms with Crippen LogP contribution >= 0.6 is 0 Å². The van der Waals surface area contributed by atoms with Gasteiger partial charge in [-0.05, 0) is 46.7 Å². The molecule has 1 aliphatic heterocycles. The van der Waals surface area contributed by atoms with E-state index in [-0.39, 0.29) is 11.7 Å². The molecule has 0 aromatic heterocycles. The summed E-state index contributed by atoms with van der Waals surface area (Å²) in [6.45, 7) is 6.77. The second-order valence-corrected chi connectivity index (χ2v) is 7.54. The highest BCUT2D eigenvalue weighted by atomic mass is 19.1. The number of nitrogens with one attached hydrogen (secondary N) is 1. The maximum atomic E-state index is 14.2. The standard InChI is InChI=1S/C19H27FN2O4/c1-19(2,3)26-18(24)21-16(14-7-5-6-8-15(14)20)17(23)25-13-9-11-22(4)12-10-13/h5-8,13,16H,9-12H2,1-4H3,(H,21,24). The molecule has 1 heterocycles. The lowest BCUT2D eigenvalue weighted by atomic mass is 10.1. The van der Waals surface area contributed by atoms with E-state index in [1.165, 1.54) is 18.2 Å². The van der Waals surface area contributed by atoms with E-state index >= 15 is 0 Å². The minimum atomic E-state index is -1.26. The summed E-state index contributed by atoms with van der Waals surface area (Å²) in [5.41, 5.74) is -0.682. The summed E-state index contributed by atoms with van der Waals surface area (Å²) in [6, 6.07) is 4.55. The number of hydrogen-bond donors (Lipinski definition) is 1. The third-order valence-corrected chi connectivity index (χ3v) is 4.06. The molecule has 0 spiro atoms. The lowest BCUT2D eigenvalue weighted by molar-refractivity contribution is -0.154. The van der Waals surface area contributed by atoms with Gasteiger partial charge >= 0.3 is 12.1 Å². The number of likely N-dealkylation sites (tertiary alicyclic amines) is 1. The number of nitrogens with zero attached hydrogens (tertiary/aromatic N) is 1. The van der Waals surface area contributed by atoms with Crippen LogP contribution in [0.5, 0.6) is 0 Å². The fraction of sp³-hybridized carbons (Fsp3) is 0.579. The van der Waals surface area contributed by atoms with Crippen molar-refractivity contribution < 1.29 is 23.5 Å². The number of hydrogen-bond acceptors (Lipinski definition) is 5. The highest BCUT2D eigenvalue weighted by Crippen LogP contribution is 2.22. The van der Waals surface area contributed by atoms with Gasteiger partial charge in [0.15, 0.2) is 6.04 Å². The molecule has 0 saturated carbocycles. The number of halogens is 1. The highest BCUT2D eigenvalue weighted by Gasteiger charge is 2.31. The van der Waals surface area contributed by atoms with Crippen molar-refractivity contribution in [2.24, 2.45) is 0 Å². The van der Waals surface area contributed by atoms with Crippen molar-refractivity contribution in [1.29, 1.82) is 0 Å². The van der Waals surface area contributed by atoms with Gasteiger partial charge < -0.3 is 19.7 Å². The molecular weight excluding hydrogens is 339 g/mol. The van der Waals surface area contributed by atoms with E-state index in [1.807, 2.05) is 7.05 Å². The molecule has 144 valence electrons. The lowest BCUT2D eigenvalue weighted by Crippen LogP contribution is -2.41. The van der Waals surface area contributed by atoms with Crippen LogP contribution in [0.3, 0.4) is 0 Å². The SMILES string of the molecule is CN1CCC(OC(=O)C(NC(=O)OC(C)(C)C)c2ccccc2F)CC1. The number of benzene rings is 1. The first-order chi connectivity index (χ1) is 12.2. The van der Waals surface area contributed by atoms with E-state index in [1.54, 1.807) is 26.8 Å². The number of ether oxygens (including phenoxy) is 2. The van der Waals surface area contributed by atoms with Crippen LogP contribution in [0.15, 0.2) is 24.3 Å². The van der Waals surface area contributed by atoms with Crippen molar-refractivity contribution in [2.45, 2.75) is 51.4 Å². The first-order valence-corrected chi connectivity index (χ1v) is 8.78. The number of amides is 1. The molecule has 1 fully saturated rings. The van der Waals surface area contributed by atoms with Gasteiger partial charge in [0.1, 0.15) is 17.5 Å². The molecule has 1 aromatic rings. The van der Waals surface area contributed by atoms with E-state index in [0.29, 0.717) is 12.8 Å². The van der Waals surface area contributed by atoms with Crippen LogP contribution < -0.4 is 5.32 Å². The van der Waals surface area contributed by atoms with Crippen LogP contribution in [-0.2, 0) is 14.3 Å². The summed E-state index contributed by atoms with van der Waals surface area (Å²) in [5.74, 6) is -1.27. The molecule has 7 heteroatoms. The van der Waals surface area contributed by atoms with Crippen LogP contribution in [0.25, 0.3) is 0 Å². The van der Waals surface area contributed by atoms with Crippen LogP contribution in [0, 0.1) is 5.82 Å². The van der Waals surface area contributed by atoms with Crippen molar-refractivity contribution in [3.05, 3.63) is 35.6 Å². The summed E-state index contributed by atoms with van der Waals surface area (Å²) in [6.07, 6.45) is 0.372. The van der Waals surface area contributed by atoms with Crippen LogP contribution in [0.4, 0.5) is 9.18 Å². The fourth-order valence-electron chi connectivity index (χ4n) is 2.73. The minimum Gasteiger partial charge on any atom is -0.460 e. The minimum absolute atomic E-state index is 0.0521. The molecule has 0 radical (unpaired) electrons. The van der Waals surface area contributed by atoms with Gasteiger partial charge in [0.25, 0.3) is 0 Å². The van der Waals surface area contributed by atoms with E-state index in [9.17, 15) is 14.0 Å². The number of carbonyl (C=O) groups is 2. The summed E-state index contributed by atoms with van der Waals surface area (Å²) in [4.78, 5) is 26.9. The summed E-state index contributed by atoms with van der Waals surface area (Å²) < 4.78 is 24.9. The number of esters is 1. The third kappa shape index (κ3) is 5.98. The maximum absolute atomic E-state index is 14.2. The summed E-state index contributed by atoms with van der Waals surface area (Å²) in [7, 11) is 2.00. The van der Waals surface area contributed by atoms with Gasteiger partial charge in [-0.2, -0.15) is 0 Å². The van der Waals surface area contributed by atoms with Gasteiger partial charge in [-0.15, -0.1) is 0 Å². The molecule has 1 aliphatic rings. The van der Waals surface area contributed by atoms with Crippen LogP contribution in [0.1, 0.15) is 45.2 Å². The first kappa shape index (κ1) is 20.2. The zero-order chi connectivity index (χ0) is 19.3. The Kier molecular flexibility index (Phi) is 6.58. The molecular formula is C19H27FN2O4. The van der Waals surface area contributed by atoms with Gasteiger partial charge in [0.2, 0.25) is 0 Å². The van der Waals surface area contributed by atoms with Gasteiger partial charge in [0, 0.05) is 18.7 Å². The largest absolute Gasteiger partial charge is 0.460 e. The molecule has 1 unspecified atom stereocenters. The van der Waals surface area contributed by atoms with Gasteiger partial charge in [0.05, 0.1) is 0 Å². The molecule has 1 atom stereocenters. The monoisotopic (exact) mass is 366 g/mol. The van der Waals surface area contributed by atoms with Gasteiger partial charge in [-0.1, -0.05) is 18.2 Å². The predicted molar refractivity (Wildman–Crippen MR) is 95.1 cm³/mol. The zero-order valence-electron chi connectivity index (χ0n) is 15.8. The van der Waals surface area contributed by atoms with E-state index in [2.05, 4.69) is 10.2 Å². The van der Waals surface area contributed by atoms with Gasteiger partial charge in [-0.3, -0.25) is 0 Å². The Bertz CT molecular complexity index is 637. The second-order valence-electron chi connectivity index (χ2n) is 7.54. The molecule has 1 N–H and O–H groups in total. The van der Waals surface area contributed by atoms with Crippen LogP contribution in [-0.4, -0.2) is 48.8 Å². The van der Waals surface area contributed by atoms with E-state index < -0.39 is 29.5 Å². The van der Waals surface area contributed by atoms with Crippen molar-refractivity contribution in [3.8, 4) is 0 Å². The van der Waals surface area contributed by atoms with Crippen molar-refractivity contribution in [3.63, 3.8) is 0 Å². The van der Waals surface area contributed by atoms with Crippen molar-refractivity contribution in [2.75, 3.05) is 20.1 Å². The molecule has 1 saturated heterocycles. The first-order valence-electron chi connectivity index (χ1n) is 8.78. The normalized spacial score (nSPS) is 17.4. The molecule has 1 aromatic carbocycles. The number of piperidine rings is 1. The third-order valence-electron chi connectivity index (χ3n) is 4.06. The Balaban J connectivity index is 2.13. The zero-order valence-corrected chi connectivity index (χ0v) is 15.8. The predicted octanol–water partition coefficient (Wildman–Crippen LogP) is 3.03. The second kappa shape index (κ2) is 8.49. The average Bonchev–Trinajstić information content (AvgIpc) is 2.54. The van der Waals surface area contributed by atoms with Crippen LogP contribution in [0.2, 0.25) is 0 Å². The van der Waals surface area contributed by atoms with E-state index in [4.69, 9.17) is 9.47 Å². The molecule has 26 heavy (non-hydrogen) atoms. The topological polar surface area (TPSA) is 67.9 Å². The molecule has 0 aliphatic carbocycles. The molecule has 6 nitrogen and oxygen atoms in total. The fourth-order valence-corrected chi connectivity index (χ4v) is 2.73. The Morgan fingerprint density at radius 3 is 2.42 bits per heavy atom. The smallest absolute Gasteiger partial charge is 0.408 e. The number of rotatable bonds is 4. The summed E-state index contributed by atoms with van der Waals surface area (Å²) in [5, 5.41) is 2.44. The highest BCUT2D eigenvalue weighted by molar-refractivity contribution is 5.83. The Morgan fingerprint density at radius 1 is 1.23 bits per heavy atom. The van der Waals surface area contributed by atoms with Gasteiger partial charge in [-0.25, -0.2) is 14.0 Å². The van der Waals surface area contributed by atoms with E-state index in [0.717, 1.165) is 13.1 Å². The van der Waals surface area contributed by atoms with Crippen molar-refractivity contribution >= 4 is 12.1 Å². The lowest BCUT2D eigenvalue weighted by Gasteiger charge is -2.30. The molecule has 2 rings (SSSR count).